The van der Waals surface area contributed by atoms with E-state index in [4.69, 9.17) is 8.85 Å². The molecule has 0 heterocycles. The molecule has 0 aromatic heterocycles. The van der Waals surface area contributed by atoms with Crippen LogP contribution < -0.4 is 0 Å². The van der Waals surface area contributed by atoms with Gasteiger partial charge in [0.1, 0.15) is 0 Å². The van der Waals surface area contributed by atoms with Gasteiger partial charge in [0.25, 0.3) is 0 Å². The molecule has 0 fully saturated rings. The number of nitrogens with zero attached hydrogens (tertiary/aromatic N) is 1. The number of hydrogen-bond acceptors (Lipinski definition) is 4. The highest BCUT2D eigenvalue weighted by atomic mass is 28.4. The Morgan fingerprint density at radius 1 is 1.18 bits per heavy atom. The number of isocyanates is 1. The van der Waals surface area contributed by atoms with Gasteiger partial charge in [-0.1, -0.05) is 6.92 Å². The Balaban J connectivity index is 4.48. The number of rotatable bonds is 9. The van der Waals surface area contributed by atoms with Crippen molar-refractivity contribution in [2.75, 3.05) is 6.54 Å². The summed E-state index contributed by atoms with van der Waals surface area (Å²) in [7, 11) is -2.14. The van der Waals surface area contributed by atoms with Crippen molar-refractivity contribution < 1.29 is 13.6 Å². The maximum Gasteiger partial charge on any atom is 0.338 e. The molecule has 0 N–H and O–H groups in total. The lowest BCUT2D eigenvalue weighted by Crippen LogP contribution is -2.45. The third kappa shape index (κ3) is 7.44. The Morgan fingerprint density at radius 2 is 1.71 bits per heavy atom. The van der Waals surface area contributed by atoms with E-state index < -0.39 is 8.56 Å². The standard InChI is InChI=1S/C12H25NO3Si/c1-6-17(15-11(2)3,16-12(4)5)9-7-8-13-10-14/h11-12H,6-9H2,1-5H3. The fourth-order valence-electron chi connectivity index (χ4n) is 1.82. The minimum absolute atomic E-state index is 0.176. The Hall–Kier alpha value is -0.483. The Labute approximate surface area is 106 Å². The minimum atomic E-state index is -2.14. The molecule has 0 aromatic rings. The van der Waals surface area contributed by atoms with Gasteiger partial charge in [0, 0.05) is 12.2 Å². The quantitative estimate of drug-likeness (QED) is 0.277. The van der Waals surface area contributed by atoms with Crippen LogP contribution in [0.5, 0.6) is 0 Å². The third-order valence-electron chi connectivity index (χ3n) is 2.33. The van der Waals surface area contributed by atoms with E-state index in [0.717, 1.165) is 18.5 Å². The van der Waals surface area contributed by atoms with Gasteiger partial charge in [0.15, 0.2) is 0 Å². The van der Waals surface area contributed by atoms with E-state index in [1.54, 1.807) is 6.08 Å². The summed E-state index contributed by atoms with van der Waals surface area (Å²) >= 11 is 0. The van der Waals surface area contributed by atoms with Crippen molar-refractivity contribution in [2.24, 2.45) is 4.99 Å². The molecule has 0 aliphatic heterocycles. The van der Waals surface area contributed by atoms with Gasteiger partial charge in [-0.05, 0) is 46.2 Å². The SMILES string of the molecule is CC[Si](CCCN=C=O)(OC(C)C)OC(C)C. The highest BCUT2D eigenvalue weighted by Crippen LogP contribution is 2.24. The second-order valence-corrected chi connectivity index (χ2v) is 8.17. The summed E-state index contributed by atoms with van der Waals surface area (Å²) in [4.78, 5) is 13.6. The average molecular weight is 259 g/mol. The van der Waals surface area contributed by atoms with Crippen LogP contribution in [0.1, 0.15) is 41.0 Å². The van der Waals surface area contributed by atoms with Crippen LogP contribution >= 0.6 is 0 Å². The van der Waals surface area contributed by atoms with E-state index in [1.165, 1.54) is 0 Å². The molecular weight excluding hydrogens is 234 g/mol. The topological polar surface area (TPSA) is 47.9 Å². The van der Waals surface area contributed by atoms with E-state index in [-0.39, 0.29) is 12.2 Å². The molecule has 0 bridgehead atoms. The first kappa shape index (κ1) is 16.5. The molecule has 17 heavy (non-hydrogen) atoms. The predicted octanol–water partition coefficient (Wildman–Crippen LogP) is 3.02. The lowest BCUT2D eigenvalue weighted by Gasteiger charge is -2.33. The summed E-state index contributed by atoms with van der Waals surface area (Å²) in [6.45, 7) is 10.8. The zero-order valence-corrected chi connectivity index (χ0v) is 12.7. The maximum atomic E-state index is 10.0. The lowest BCUT2D eigenvalue weighted by atomic mass is 10.5. The van der Waals surface area contributed by atoms with Crippen LogP contribution in [0, 0.1) is 0 Å². The summed E-state index contributed by atoms with van der Waals surface area (Å²) < 4.78 is 12.1. The van der Waals surface area contributed by atoms with Crippen molar-refractivity contribution in [3.8, 4) is 0 Å². The molecule has 0 spiro atoms. The van der Waals surface area contributed by atoms with Crippen LogP contribution in [0.4, 0.5) is 0 Å². The maximum absolute atomic E-state index is 10.0. The van der Waals surface area contributed by atoms with Gasteiger partial charge >= 0.3 is 8.56 Å². The van der Waals surface area contributed by atoms with Crippen molar-refractivity contribution in [3.63, 3.8) is 0 Å². The Kier molecular flexibility index (Phi) is 8.34. The molecule has 100 valence electrons. The van der Waals surface area contributed by atoms with Gasteiger partial charge < -0.3 is 8.85 Å². The first-order valence-electron chi connectivity index (χ1n) is 6.35. The second kappa shape index (κ2) is 8.58. The van der Waals surface area contributed by atoms with Crippen LogP contribution in [0.25, 0.3) is 0 Å². The number of aliphatic imine (C=N–C) groups is 1. The average Bonchev–Trinajstić information content (AvgIpc) is 2.22. The zero-order chi connectivity index (χ0) is 13.3. The summed E-state index contributed by atoms with van der Waals surface area (Å²) in [5.41, 5.74) is 0. The molecule has 0 radical (unpaired) electrons. The van der Waals surface area contributed by atoms with Crippen molar-refractivity contribution in [2.45, 2.75) is 65.3 Å². The fraction of sp³-hybridized carbons (Fsp3) is 0.917. The van der Waals surface area contributed by atoms with Crippen LogP contribution in [-0.2, 0) is 13.6 Å². The third-order valence-corrected chi connectivity index (χ3v) is 6.33. The first-order valence-corrected chi connectivity index (χ1v) is 8.58. The lowest BCUT2D eigenvalue weighted by molar-refractivity contribution is 0.105. The van der Waals surface area contributed by atoms with Crippen LogP contribution in [-0.4, -0.2) is 33.4 Å². The van der Waals surface area contributed by atoms with E-state index in [0.29, 0.717) is 6.54 Å². The van der Waals surface area contributed by atoms with Crippen molar-refractivity contribution in [1.82, 2.24) is 0 Å². The molecular formula is C12H25NO3Si. The molecule has 0 aliphatic rings. The van der Waals surface area contributed by atoms with Crippen molar-refractivity contribution in [3.05, 3.63) is 0 Å². The smallest absolute Gasteiger partial charge is 0.338 e. The van der Waals surface area contributed by atoms with Gasteiger partial charge in [0.05, 0.1) is 6.54 Å². The Morgan fingerprint density at radius 3 is 2.06 bits per heavy atom. The van der Waals surface area contributed by atoms with E-state index >= 15 is 0 Å². The van der Waals surface area contributed by atoms with E-state index in [9.17, 15) is 4.79 Å². The Bertz CT molecular complexity index is 240. The van der Waals surface area contributed by atoms with E-state index in [2.05, 4.69) is 11.9 Å². The summed E-state index contributed by atoms with van der Waals surface area (Å²) in [6.07, 6.45) is 2.74. The molecule has 0 atom stereocenters. The molecule has 0 amide bonds. The molecule has 0 saturated heterocycles. The second-order valence-electron chi connectivity index (χ2n) is 4.67. The molecule has 0 aliphatic carbocycles. The molecule has 4 nitrogen and oxygen atoms in total. The van der Waals surface area contributed by atoms with Crippen molar-refractivity contribution >= 4 is 14.6 Å². The van der Waals surface area contributed by atoms with Gasteiger partial charge in [-0.2, -0.15) is 0 Å². The molecule has 0 aromatic carbocycles. The van der Waals surface area contributed by atoms with Crippen LogP contribution in [0.3, 0.4) is 0 Å². The van der Waals surface area contributed by atoms with Gasteiger partial charge in [-0.15, -0.1) is 0 Å². The highest BCUT2D eigenvalue weighted by molar-refractivity contribution is 6.67. The highest BCUT2D eigenvalue weighted by Gasteiger charge is 2.37. The van der Waals surface area contributed by atoms with Crippen LogP contribution in [0.2, 0.25) is 12.1 Å². The summed E-state index contributed by atoms with van der Waals surface area (Å²) in [6, 6.07) is 1.80. The van der Waals surface area contributed by atoms with Gasteiger partial charge in [-0.25, -0.2) is 9.79 Å². The minimum Gasteiger partial charge on any atom is -0.392 e. The summed E-state index contributed by atoms with van der Waals surface area (Å²) in [5, 5.41) is 0. The fourth-order valence-corrected chi connectivity index (χ4v) is 5.21. The molecule has 0 unspecified atom stereocenters. The largest absolute Gasteiger partial charge is 0.392 e. The van der Waals surface area contributed by atoms with E-state index in [1.807, 2.05) is 27.7 Å². The molecule has 0 saturated carbocycles. The van der Waals surface area contributed by atoms with Crippen LogP contribution in [0.15, 0.2) is 4.99 Å². The molecule has 0 rings (SSSR count). The zero-order valence-electron chi connectivity index (χ0n) is 11.7. The van der Waals surface area contributed by atoms with Crippen molar-refractivity contribution in [1.29, 1.82) is 0 Å². The van der Waals surface area contributed by atoms with Gasteiger partial charge in [0.2, 0.25) is 6.08 Å². The molecule has 5 heteroatoms. The monoisotopic (exact) mass is 259 g/mol. The predicted molar refractivity (Wildman–Crippen MR) is 71.1 cm³/mol. The first-order chi connectivity index (χ1) is 7.95. The number of carbonyl (C=O) groups excluding carboxylic acids is 1. The summed E-state index contributed by atoms with van der Waals surface area (Å²) in [5.74, 6) is 0. The van der Waals surface area contributed by atoms with Gasteiger partial charge in [-0.3, -0.25) is 0 Å². The number of hydrogen-bond donors (Lipinski definition) is 0. The normalized spacial score (nSPS) is 11.9.